The van der Waals surface area contributed by atoms with Crippen LogP contribution in [0.5, 0.6) is 34.5 Å². The standard InChI is InChI=1S/C48H32B2O6S/c1-4-25-20(2)43(51)36-31(37-35-33-34(36)40(25)50-42-38(33)39(21(3)44(52)46(42)54)49-41(35)47(55)48(56)45(37)53)24-16-14-23(15-17-24)30-26(22-10-6-5-7-11-22)18-19-29-32(30)27-12-8-9-13-28(27)57-29/h5-19,51-56H,4H2,1-3H3. The second kappa shape index (κ2) is 11.7. The van der Waals surface area contributed by atoms with Gasteiger partial charge in [0.25, 0.3) is 0 Å². The van der Waals surface area contributed by atoms with Crippen LogP contribution < -0.4 is 21.9 Å². The van der Waals surface area contributed by atoms with Crippen molar-refractivity contribution in [3.63, 3.8) is 0 Å². The lowest BCUT2D eigenvalue weighted by atomic mass is 9.46. The summed E-state index contributed by atoms with van der Waals surface area (Å²) in [6.45, 7) is 5.56. The van der Waals surface area contributed by atoms with Crippen LogP contribution in [0.3, 0.4) is 0 Å². The van der Waals surface area contributed by atoms with Gasteiger partial charge in [0.15, 0.2) is 43.3 Å². The maximum atomic E-state index is 12.3. The number of hydrogen-bond donors (Lipinski definition) is 6. The van der Waals surface area contributed by atoms with E-state index in [1.54, 1.807) is 25.5 Å². The molecule has 272 valence electrons. The zero-order chi connectivity index (χ0) is 39.2. The van der Waals surface area contributed by atoms with Crippen molar-refractivity contribution in [2.45, 2.75) is 27.2 Å². The summed E-state index contributed by atoms with van der Waals surface area (Å²) in [6.07, 6.45) is 0.571. The molecule has 0 saturated heterocycles. The summed E-state index contributed by atoms with van der Waals surface area (Å²) >= 11 is 1.77. The van der Waals surface area contributed by atoms with Crippen LogP contribution in [0, 0.1) is 13.8 Å². The van der Waals surface area contributed by atoms with E-state index in [4.69, 9.17) is 0 Å². The van der Waals surface area contributed by atoms with E-state index in [0.717, 1.165) is 33.3 Å². The van der Waals surface area contributed by atoms with E-state index in [1.807, 2.05) is 51.5 Å². The minimum atomic E-state index is -0.685. The molecule has 11 rings (SSSR count). The fourth-order valence-corrected chi connectivity index (χ4v) is 10.9. The SMILES string of the molecule is CCc1c(C)c(O)c2c(-c3ccc(-c4c(-c5ccccc5)ccc5sc6ccccc6c45)cc3)c3c(O)c(O)c(O)c4c3c3c2c1[B]c1c(O)c(O)c(C)c(c1-3)[B]4. The fraction of sp³-hybridized carbons (Fsp3) is 0.0833. The molecule has 2 aliphatic rings. The maximum Gasteiger partial charge on any atom is 0.200 e. The van der Waals surface area contributed by atoms with Gasteiger partial charge in [-0.05, 0) is 110 Å². The molecule has 0 saturated carbocycles. The van der Waals surface area contributed by atoms with Crippen LogP contribution in [0.2, 0.25) is 0 Å². The zero-order valence-corrected chi connectivity index (χ0v) is 31.9. The van der Waals surface area contributed by atoms with Crippen LogP contribution in [0.25, 0.3) is 86.2 Å². The van der Waals surface area contributed by atoms with E-state index in [9.17, 15) is 30.6 Å². The molecule has 2 radical (unpaired) electrons. The molecule has 0 bridgehead atoms. The number of hydrogen-bond acceptors (Lipinski definition) is 7. The van der Waals surface area contributed by atoms with Gasteiger partial charge < -0.3 is 30.6 Å². The fourth-order valence-electron chi connectivity index (χ4n) is 9.76. The topological polar surface area (TPSA) is 121 Å². The van der Waals surface area contributed by atoms with Crippen molar-refractivity contribution >= 4 is 89.5 Å². The lowest BCUT2D eigenvalue weighted by molar-refractivity contribution is 0.373. The summed E-state index contributed by atoms with van der Waals surface area (Å²) in [6, 6.07) is 31.3. The van der Waals surface area contributed by atoms with E-state index in [1.165, 1.54) is 20.2 Å². The Morgan fingerprint density at radius 3 is 1.81 bits per heavy atom. The molecule has 0 unspecified atom stereocenters. The minimum absolute atomic E-state index is 0.0462. The molecule has 57 heavy (non-hydrogen) atoms. The number of rotatable bonds is 4. The third kappa shape index (κ3) is 4.27. The summed E-state index contributed by atoms with van der Waals surface area (Å²) in [5, 5.41) is 74.0. The summed E-state index contributed by atoms with van der Waals surface area (Å²) < 4.78 is 2.39. The lowest BCUT2D eigenvalue weighted by Gasteiger charge is -2.35. The minimum Gasteiger partial charge on any atom is -0.507 e. The molecule has 1 aromatic heterocycles. The largest absolute Gasteiger partial charge is 0.507 e. The second-order valence-corrected chi connectivity index (χ2v) is 16.2. The number of benzene rings is 8. The molecule has 9 heteroatoms. The third-order valence-corrected chi connectivity index (χ3v) is 13.5. The van der Waals surface area contributed by atoms with Gasteiger partial charge in [0, 0.05) is 36.5 Å². The Bertz CT molecular complexity index is 3300. The predicted molar refractivity (Wildman–Crippen MR) is 235 cm³/mol. The highest BCUT2D eigenvalue weighted by atomic mass is 32.1. The number of thiophene rings is 1. The van der Waals surface area contributed by atoms with Crippen molar-refractivity contribution in [2.75, 3.05) is 0 Å². The van der Waals surface area contributed by atoms with Crippen LogP contribution in [0.15, 0.2) is 91.0 Å². The lowest BCUT2D eigenvalue weighted by Crippen LogP contribution is -2.45. The average molecular weight is 758 g/mol. The summed E-state index contributed by atoms with van der Waals surface area (Å²) in [4.78, 5) is 0. The van der Waals surface area contributed by atoms with Gasteiger partial charge in [-0.3, -0.25) is 0 Å². The Morgan fingerprint density at radius 2 is 1.07 bits per heavy atom. The molecule has 8 aromatic carbocycles. The summed E-state index contributed by atoms with van der Waals surface area (Å²) in [5.74, 6) is -2.19. The van der Waals surface area contributed by atoms with Gasteiger partial charge in [0.2, 0.25) is 0 Å². The highest BCUT2D eigenvalue weighted by molar-refractivity contribution is 7.26. The molecule has 0 atom stereocenters. The maximum absolute atomic E-state index is 12.3. The van der Waals surface area contributed by atoms with Crippen molar-refractivity contribution in [1.82, 2.24) is 0 Å². The van der Waals surface area contributed by atoms with E-state index >= 15 is 0 Å². The first-order valence-corrected chi connectivity index (χ1v) is 19.8. The van der Waals surface area contributed by atoms with E-state index in [0.29, 0.717) is 66.9 Å². The molecule has 3 heterocycles. The van der Waals surface area contributed by atoms with Gasteiger partial charge in [-0.15, -0.1) is 11.3 Å². The summed E-state index contributed by atoms with van der Waals surface area (Å²) in [7, 11) is 3.57. The molecule has 0 spiro atoms. The normalized spacial score (nSPS) is 12.5. The first-order chi connectivity index (χ1) is 27.6. The second-order valence-electron chi connectivity index (χ2n) is 15.1. The quantitative estimate of drug-likeness (QED) is 0.0610. The first kappa shape index (κ1) is 33.7. The van der Waals surface area contributed by atoms with Crippen LogP contribution in [-0.2, 0) is 6.42 Å². The van der Waals surface area contributed by atoms with Gasteiger partial charge in [-0.2, -0.15) is 0 Å². The van der Waals surface area contributed by atoms with E-state index in [2.05, 4.69) is 60.7 Å². The van der Waals surface area contributed by atoms with Crippen LogP contribution in [0.4, 0.5) is 0 Å². The molecule has 6 N–H and O–H groups in total. The molecule has 2 aliphatic heterocycles. The van der Waals surface area contributed by atoms with Gasteiger partial charge in [-0.25, -0.2) is 0 Å². The van der Waals surface area contributed by atoms with E-state index in [-0.39, 0.29) is 28.1 Å². The molecule has 6 nitrogen and oxygen atoms in total. The Balaban J connectivity index is 1.27. The van der Waals surface area contributed by atoms with Crippen molar-refractivity contribution in [1.29, 1.82) is 0 Å². The average Bonchev–Trinajstić information content (AvgIpc) is 3.62. The molecule has 0 aliphatic carbocycles. The van der Waals surface area contributed by atoms with Crippen LogP contribution in [0.1, 0.15) is 23.6 Å². The van der Waals surface area contributed by atoms with Gasteiger partial charge in [-0.1, -0.05) is 96.7 Å². The molecular weight excluding hydrogens is 726 g/mol. The van der Waals surface area contributed by atoms with Crippen molar-refractivity contribution < 1.29 is 30.6 Å². The first-order valence-electron chi connectivity index (χ1n) is 18.9. The van der Waals surface area contributed by atoms with E-state index < -0.39 is 17.2 Å². The Labute approximate surface area is 332 Å². The predicted octanol–water partition coefficient (Wildman–Crippen LogP) is 8.38. The van der Waals surface area contributed by atoms with Crippen LogP contribution >= 0.6 is 11.3 Å². The number of phenols is 6. The zero-order valence-electron chi connectivity index (χ0n) is 31.1. The van der Waals surface area contributed by atoms with Crippen molar-refractivity contribution in [3.8, 4) is 79.0 Å². The van der Waals surface area contributed by atoms with Crippen molar-refractivity contribution in [3.05, 3.63) is 108 Å². The number of fused-ring (bicyclic) bond motifs is 3. The Kier molecular flexibility index (Phi) is 6.94. The van der Waals surface area contributed by atoms with Gasteiger partial charge in [0.05, 0.1) is 0 Å². The molecule has 0 amide bonds. The third-order valence-electron chi connectivity index (χ3n) is 12.4. The number of phenolic OH excluding ortho intramolecular Hbond substituents is 6. The highest BCUT2D eigenvalue weighted by Gasteiger charge is 2.39. The Hall–Kier alpha value is -6.57. The Morgan fingerprint density at radius 1 is 0.439 bits per heavy atom. The number of aromatic hydroxyl groups is 6. The molecule has 0 fully saturated rings. The van der Waals surface area contributed by atoms with Gasteiger partial charge in [0.1, 0.15) is 5.75 Å². The monoisotopic (exact) mass is 758 g/mol. The summed E-state index contributed by atoms with van der Waals surface area (Å²) in [5.41, 5.74) is 10.7. The smallest absolute Gasteiger partial charge is 0.200 e. The molecule has 9 aromatic rings. The van der Waals surface area contributed by atoms with Gasteiger partial charge >= 0.3 is 0 Å². The highest BCUT2D eigenvalue weighted by Crippen LogP contribution is 2.55. The van der Waals surface area contributed by atoms with Crippen molar-refractivity contribution in [2.24, 2.45) is 0 Å². The van der Waals surface area contributed by atoms with Crippen LogP contribution in [-0.4, -0.2) is 45.2 Å². The molecular formula is C48H32B2O6S.